The molecule has 0 spiro atoms. The molecule has 0 amide bonds. The maximum absolute atomic E-state index is 12.2. The van der Waals surface area contributed by atoms with Crippen molar-refractivity contribution in [1.82, 2.24) is 5.43 Å². The zero-order chi connectivity index (χ0) is 18.0. The molecule has 1 aliphatic rings. The summed E-state index contributed by atoms with van der Waals surface area (Å²) in [5.41, 5.74) is 4.61. The molecule has 0 fully saturated rings. The Morgan fingerprint density at radius 3 is 2.56 bits per heavy atom. The largest absolute Gasteiger partial charge is 0.461 e. The van der Waals surface area contributed by atoms with Crippen LogP contribution in [0, 0.1) is 0 Å². The summed E-state index contributed by atoms with van der Waals surface area (Å²) >= 11 is 12.4. The predicted molar refractivity (Wildman–Crippen MR) is 101 cm³/mol. The summed E-state index contributed by atoms with van der Waals surface area (Å²) in [6, 6.07) is 15.1. The number of carbonyl (C=O) groups is 1. The zero-order valence-corrected chi connectivity index (χ0v) is 15.4. The first-order valence-electron chi connectivity index (χ1n) is 7.93. The normalized spacial score (nSPS) is 19.4. The molecule has 4 nitrogen and oxygen atoms in total. The number of esters is 1. The van der Waals surface area contributed by atoms with Gasteiger partial charge in [-0.3, -0.25) is 10.4 Å². The second kappa shape index (κ2) is 6.98. The monoisotopic (exact) mass is 376 g/mol. The number of hydrogen-bond acceptors (Lipinski definition) is 4. The van der Waals surface area contributed by atoms with E-state index in [0.29, 0.717) is 28.0 Å². The van der Waals surface area contributed by atoms with Crippen LogP contribution in [0.4, 0.5) is 5.69 Å². The van der Waals surface area contributed by atoms with Crippen molar-refractivity contribution in [2.24, 2.45) is 0 Å². The molecule has 25 heavy (non-hydrogen) atoms. The minimum atomic E-state index is -0.624. The van der Waals surface area contributed by atoms with E-state index in [1.54, 1.807) is 19.1 Å². The number of benzene rings is 2. The average Bonchev–Trinajstić information content (AvgIpc) is 2.95. The van der Waals surface area contributed by atoms with Crippen LogP contribution in [-0.4, -0.2) is 12.6 Å². The van der Waals surface area contributed by atoms with Crippen molar-refractivity contribution in [3.05, 3.63) is 75.9 Å². The van der Waals surface area contributed by atoms with Crippen LogP contribution < -0.4 is 10.4 Å². The van der Waals surface area contributed by atoms with Crippen molar-refractivity contribution in [1.29, 1.82) is 0 Å². The number of anilines is 1. The van der Waals surface area contributed by atoms with Gasteiger partial charge in [0.1, 0.15) is 11.2 Å². The average molecular weight is 377 g/mol. The van der Waals surface area contributed by atoms with E-state index in [4.69, 9.17) is 27.9 Å². The Bertz CT molecular complexity index is 823. The van der Waals surface area contributed by atoms with E-state index >= 15 is 0 Å². The first-order valence-corrected chi connectivity index (χ1v) is 8.68. The lowest BCUT2D eigenvalue weighted by molar-refractivity contribution is -0.138. The predicted octanol–water partition coefficient (Wildman–Crippen LogP) is 4.68. The second-order valence-corrected chi connectivity index (χ2v) is 6.68. The van der Waals surface area contributed by atoms with Gasteiger partial charge in [-0.25, -0.2) is 4.79 Å². The van der Waals surface area contributed by atoms with Gasteiger partial charge in [-0.1, -0.05) is 53.5 Å². The van der Waals surface area contributed by atoms with Crippen molar-refractivity contribution < 1.29 is 9.53 Å². The molecule has 1 unspecified atom stereocenters. The number of rotatable bonds is 4. The van der Waals surface area contributed by atoms with E-state index in [1.807, 2.05) is 54.4 Å². The molecule has 0 aliphatic carbocycles. The smallest absolute Gasteiger partial charge is 0.355 e. The van der Waals surface area contributed by atoms with E-state index in [9.17, 15) is 4.79 Å². The number of ether oxygens (including phenoxy) is 1. The van der Waals surface area contributed by atoms with Gasteiger partial charge in [-0.15, -0.1) is 0 Å². The minimum absolute atomic E-state index is 0.307. The summed E-state index contributed by atoms with van der Waals surface area (Å²) in [5, 5.41) is 2.89. The third kappa shape index (κ3) is 3.32. The van der Waals surface area contributed by atoms with Crippen LogP contribution in [0.15, 0.2) is 60.3 Å². The molecule has 3 rings (SSSR count). The van der Waals surface area contributed by atoms with Crippen LogP contribution in [0.25, 0.3) is 0 Å². The number of halogens is 2. The third-order valence-electron chi connectivity index (χ3n) is 4.13. The Hall–Kier alpha value is -2.17. The van der Waals surface area contributed by atoms with E-state index in [2.05, 4.69) is 5.43 Å². The van der Waals surface area contributed by atoms with Crippen LogP contribution in [0.1, 0.15) is 19.4 Å². The zero-order valence-electron chi connectivity index (χ0n) is 13.9. The van der Waals surface area contributed by atoms with Gasteiger partial charge in [-0.05, 0) is 43.7 Å². The van der Waals surface area contributed by atoms with Crippen LogP contribution in [-0.2, 0) is 15.1 Å². The summed E-state index contributed by atoms with van der Waals surface area (Å²) in [7, 11) is 0. The van der Waals surface area contributed by atoms with Crippen molar-refractivity contribution in [2.45, 2.75) is 19.4 Å². The summed E-state index contributed by atoms with van der Waals surface area (Å²) in [4.78, 5) is 12.2. The molecular weight excluding hydrogens is 359 g/mol. The molecule has 2 aromatic rings. The van der Waals surface area contributed by atoms with Crippen molar-refractivity contribution in [3.8, 4) is 0 Å². The molecule has 1 aliphatic heterocycles. The molecule has 1 atom stereocenters. The Morgan fingerprint density at radius 1 is 1.20 bits per heavy atom. The van der Waals surface area contributed by atoms with Gasteiger partial charge >= 0.3 is 5.97 Å². The number of nitrogens with one attached hydrogen (secondary N) is 1. The first-order chi connectivity index (χ1) is 12.0. The van der Waals surface area contributed by atoms with Crippen LogP contribution in [0.3, 0.4) is 0 Å². The molecule has 0 saturated carbocycles. The number of hydrazine groups is 1. The number of carbonyl (C=O) groups excluding carboxylic acids is 1. The highest BCUT2D eigenvalue weighted by Crippen LogP contribution is 2.41. The lowest BCUT2D eigenvalue weighted by Gasteiger charge is -2.36. The highest BCUT2D eigenvalue weighted by molar-refractivity contribution is 6.36. The quantitative estimate of drug-likeness (QED) is 0.786. The number of hydrogen-bond donors (Lipinski definition) is 1. The highest BCUT2D eigenvalue weighted by Gasteiger charge is 2.41. The molecule has 6 heteroatoms. The maximum atomic E-state index is 12.2. The van der Waals surface area contributed by atoms with E-state index in [0.717, 1.165) is 5.56 Å². The van der Waals surface area contributed by atoms with Gasteiger partial charge in [0.25, 0.3) is 0 Å². The minimum Gasteiger partial charge on any atom is -0.461 e. The fourth-order valence-electron chi connectivity index (χ4n) is 2.89. The molecule has 0 bridgehead atoms. The highest BCUT2D eigenvalue weighted by atomic mass is 35.5. The van der Waals surface area contributed by atoms with Gasteiger partial charge in [0, 0.05) is 5.02 Å². The number of nitrogens with zero attached hydrogens (tertiary/aromatic N) is 1. The molecule has 0 radical (unpaired) electrons. The molecule has 0 aromatic heterocycles. The Morgan fingerprint density at radius 2 is 1.92 bits per heavy atom. The van der Waals surface area contributed by atoms with Crippen LogP contribution in [0.5, 0.6) is 0 Å². The first kappa shape index (κ1) is 17.6. The standard InChI is InChI=1S/C19H18Cl2N2O2/c1-3-25-18(24)16-12-19(2,13-7-5-4-6-8-13)23(22-16)17-10-9-14(20)11-15(17)21/h4-12,22H,3H2,1-2H3. The van der Waals surface area contributed by atoms with Crippen molar-refractivity contribution >= 4 is 34.9 Å². The van der Waals surface area contributed by atoms with Gasteiger partial charge in [0.05, 0.1) is 17.3 Å². The molecule has 1 N–H and O–H groups in total. The molecular formula is C19H18Cl2N2O2. The van der Waals surface area contributed by atoms with E-state index in [1.165, 1.54) is 0 Å². The fraction of sp³-hybridized carbons (Fsp3) is 0.211. The topological polar surface area (TPSA) is 41.6 Å². The Labute approximate surface area is 157 Å². The van der Waals surface area contributed by atoms with Gasteiger partial charge in [0.15, 0.2) is 0 Å². The van der Waals surface area contributed by atoms with Crippen LogP contribution in [0.2, 0.25) is 10.0 Å². The van der Waals surface area contributed by atoms with Crippen molar-refractivity contribution in [3.63, 3.8) is 0 Å². The molecule has 130 valence electrons. The van der Waals surface area contributed by atoms with Crippen molar-refractivity contribution in [2.75, 3.05) is 11.6 Å². The lowest BCUT2D eigenvalue weighted by Crippen LogP contribution is -2.46. The summed E-state index contributed by atoms with van der Waals surface area (Å²) < 4.78 is 5.14. The lowest BCUT2D eigenvalue weighted by atomic mass is 9.91. The summed E-state index contributed by atoms with van der Waals surface area (Å²) in [6.45, 7) is 4.09. The molecule has 0 saturated heterocycles. The maximum Gasteiger partial charge on any atom is 0.355 e. The molecule has 2 aromatic carbocycles. The Kier molecular flexibility index (Phi) is 4.93. The summed E-state index contributed by atoms with van der Waals surface area (Å²) in [5.74, 6) is -0.405. The molecule has 1 heterocycles. The Balaban J connectivity index is 2.09. The summed E-state index contributed by atoms with van der Waals surface area (Å²) in [6.07, 6.45) is 1.85. The van der Waals surface area contributed by atoms with Crippen LogP contribution >= 0.6 is 23.2 Å². The third-order valence-corrected chi connectivity index (χ3v) is 4.66. The van der Waals surface area contributed by atoms with E-state index < -0.39 is 11.5 Å². The van der Waals surface area contributed by atoms with Gasteiger partial charge < -0.3 is 4.74 Å². The fourth-order valence-corrected chi connectivity index (χ4v) is 3.38. The SMILES string of the molecule is CCOC(=O)C1=CC(C)(c2ccccc2)N(c2ccc(Cl)cc2Cl)N1. The van der Waals surface area contributed by atoms with Gasteiger partial charge in [-0.2, -0.15) is 0 Å². The second-order valence-electron chi connectivity index (χ2n) is 5.83. The van der Waals surface area contributed by atoms with Gasteiger partial charge in [0.2, 0.25) is 0 Å². The van der Waals surface area contributed by atoms with E-state index in [-0.39, 0.29) is 0 Å².